The molecule has 1 aliphatic rings. The van der Waals surface area contributed by atoms with Gasteiger partial charge in [-0.2, -0.15) is 0 Å². The summed E-state index contributed by atoms with van der Waals surface area (Å²) in [5.74, 6) is 0. The molecule has 0 spiro atoms. The highest BCUT2D eigenvalue weighted by molar-refractivity contribution is 5.11. The molecule has 5 nitrogen and oxygen atoms in total. The van der Waals surface area contributed by atoms with Crippen molar-refractivity contribution >= 4 is 0 Å². The van der Waals surface area contributed by atoms with Crippen molar-refractivity contribution in [3.8, 4) is 0 Å². The van der Waals surface area contributed by atoms with E-state index in [1.54, 1.807) is 12.5 Å². The molecular formula is C11H20N4O. The number of hydrogen-bond donors (Lipinski definition) is 2. The second kappa shape index (κ2) is 5.45. The molecule has 1 fully saturated rings. The molecule has 0 saturated carbocycles. The topological polar surface area (TPSA) is 57.7 Å². The van der Waals surface area contributed by atoms with Crippen LogP contribution >= 0.6 is 0 Å². The van der Waals surface area contributed by atoms with Gasteiger partial charge in [-0.15, -0.1) is 0 Å². The minimum atomic E-state index is 0.155. The zero-order chi connectivity index (χ0) is 11.4. The lowest BCUT2D eigenvalue weighted by atomic mass is 10.1. The summed E-state index contributed by atoms with van der Waals surface area (Å²) in [4.78, 5) is 2.33. The van der Waals surface area contributed by atoms with E-state index in [-0.39, 0.29) is 6.04 Å². The van der Waals surface area contributed by atoms with Crippen molar-refractivity contribution in [3.63, 3.8) is 0 Å². The largest absolute Gasteiger partial charge is 0.472 e. The highest BCUT2D eigenvalue weighted by atomic mass is 16.3. The molecule has 0 bridgehead atoms. The summed E-state index contributed by atoms with van der Waals surface area (Å²) in [7, 11) is 2.15. The van der Waals surface area contributed by atoms with E-state index in [9.17, 15) is 0 Å². The lowest BCUT2D eigenvalue weighted by molar-refractivity contribution is 0.0879. The van der Waals surface area contributed by atoms with Gasteiger partial charge in [0.1, 0.15) is 0 Å². The number of likely N-dealkylation sites (N-methyl/N-ethyl adjacent to an activating group) is 1. The number of nitrogens with two attached hydrogens (primary N) is 1. The van der Waals surface area contributed by atoms with Gasteiger partial charge in [0, 0.05) is 38.3 Å². The van der Waals surface area contributed by atoms with Crippen LogP contribution in [0.5, 0.6) is 0 Å². The number of nitrogens with one attached hydrogen (secondary N) is 1. The highest BCUT2D eigenvalue weighted by Gasteiger charge is 2.18. The lowest BCUT2D eigenvalue weighted by Crippen LogP contribution is -2.52. The van der Waals surface area contributed by atoms with Crippen LogP contribution in [0.1, 0.15) is 11.6 Å². The average Bonchev–Trinajstić information content (AvgIpc) is 2.82. The van der Waals surface area contributed by atoms with Gasteiger partial charge in [0.05, 0.1) is 18.6 Å². The number of piperazine rings is 1. The molecule has 1 aliphatic heterocycles. The third-order valence-electron chi connectivity index (χ3n) is 3.02. The van der Waals surface area contributed by atoms with Crippen molar-refractivity contribution in [1.82, 2.24) is 15.3 Å². The maximum Gasteiger partial charge on any atom is 0.0951 e. The van der Waals surface area contributed by atoms with E-state index >= 15 is 0 Å². The van der Waals surface area contributed by atoms with Crippen LogP contribution in [0.2, 0.25) is 0 Å². The standard InChI is InChI=1S/C11H20N4O/c1-14-3-5-15(6-4-14)13-11(8-12)10-2-7-16-9-10/h2,7,9,11,13H,3-6,8,12H2,1H3. The predicted molar refractivity (Wildman–Crippen MR) is 62.7 cm³/mol. The molecule has 2 rings (SSSR count). The van der Waals surface area contributed by atoms with Crippen LogP contribution in [0.15, 0.2) is 23.0 Å². The Morgan fingerprint density at radius 2 is 2.19 bits per heavy atom. The smallest absolute Gasteiger partial charge is 0.0951 e. The Balaban J connectivity index is 1.87. The lowest BCUT2D eigenvalue weighted by Gasteiger charge is -2.35. The Labute approximate surface area is 96.2 Å². The monoisotopic (exact) mass is 224 g/mol. The van der Waals surface area contributed by atoms with E-state index < -0.39 is 0 Å². The third-order valence-corrected chi connectivity index (χ3v) is 3.02. The van der Waals surface area contributed by atoms with E-state index in [1.807, 2.05) is 6.07 Å². The first kappa shape index (κ1) is 11.6. The summed E-state index contributed by atoms with van der Waals surface area (Å²) >= 11 is 0. The number of hydrazine groups is 1. The molecule has 16 heavy (non-hydrogen) atoms. The first-order chi connectivity index (χ1) is 7.79. The zero-order valence-electron chi connectivity index (χ0n) is 9.72. The summed E-state index contributed by atoms with van der Waals surface area (Å²) in [6, 6.07) is 2.11. The molecule has 1 aromatic rings. The predicted octanol–water partition coefficient (Wildman–Crippen LogP) is 0.0314. The summed E-state index contributed by atoms with van der Waals surface area (Å²) in [5.41, 5.74) is 10.3. The minimum Gasteiger partial charge on any atom is -0.472 e. The van der Waals surface area contributed by atoms with E-state index in [2.05, 4.69) is 22.4 Å². The van der Waals surface area contributed by atoms with Gasteiger partial charge in [0.15, 0.2) is 0 Å². The Kier molecular flexibility index (Phi) is 3.95. The molecule has 1 unspecified atom stereocenters. The molecule has 0 aliphatic carbocycles. The summed E-state index contributed by atoms with van der Waals surface area (Å²) < 4.78 is 5.08. The van der Waals surface area contributed by atoms with Crippen molar-refractivity contribution in [2.75, 3.05) is 39.8 Å². The fraction of sp³-hybridized carbons (Fsp3) is 0.636. The van der Waals surface area contributed by atoms with Gasteiger partial charge in [0.2, 0.25) is 0 Å². The normalized spacial score (nSPS) is 21.1. The van der Waals surface area contributed by atoms with Crippen molar-refractivity contribution in [2.45, 2.75) is 6.04 Å². The van der Waals surface area contributed by atoms with E-state index in [0.717, 1.165) is 31.7 Å². The van der Waals surface area contributed by atoms with Gasteiger partial charge in [-0.1, -0.05) is 0 Å². The van der Waals surface area contributed by atoms with E-state index in [1.165, 1.54) is 0 Å². The molecule has 5 heteroatoms. The molecule has 0 aromatic carbocycles. The molecule has 1 saturated heterocycles. The fourth-order valence-electron chi connectivity index (χ4n) is 1.89. The number of hydrogen-bond acceptors (Lipinski definition) is 5. The van der Waals surface area contributed by atoms with Crippen LogP contribution in [0, 0.1) is 0 Å². The van der Waals surface area contributed by atoms with Gasteiger partial charge in [0.25, 0.3) is 0 Å². The zero-order valence-corrected chi connectivity index (χ0v) is 9.72. The van der Waals surface area contributed by atoms with Crippen LogP contribution in [0.25, 0.3) is 0 Å². The number of furan rings is 1. The van der Waals surface area contributed by atoms with Crippen LogP contribution in [-0.2, 0) is 0 Å². The van der Waals surface area contributed by atoms with Crippen LogP contribution in [-0.4, -0.2) is 49.7 Å². The van der Waals surface area contributed by atoms with Gasteiger partial charge < -0.3 is 15.1 Å². The molecule has 1 aromatic heterocycles. The second-order valence-electron chi connectivity index (χ2n) is 4.26. The fourth-order valence-corrected chi connectivity index (χ4v) is 1.89. The maximum absolute atomic E-state index is 5.77. The quantitative estimate of drug-likeness (QED) is 0.756. The Morgan fingerprint density at radius 3 is 2.75 bits per heavy atom. The molecule has 0 amide bonds. The molecule has 2 heterocycles. The van der Waals surface area contributed by atoms with Crippen LogP contribution < -0.4 is 11.2 Å². The molecular weight excluding hydrogens is 204 g/mol. The highest BCUT2D eigenvalue weighted by Crippen LogP contribution is 2.13. The van der Waals surface area contributed by atoms with Gasteiger partial charge in [-0.25, -0.2) is 10.4 Å². The summed E-state index contributed by atoms with van der Waals surface area (Å²) in [6.07, 6.45) is 3.43. The first-order valence-electron chi connectivity index (χ1n) is 5.71. The molecule has 3 N–H and O–H groups in total. The average molecular weight is 224 g/mol. The number of rotatable bonds is 4. The van der Waals surface area contributed by atoms with Crippen molar-refractivity contribution < 1.29 is 4.42 Å². The first-order valence-corrected chi connectivity index (χ1v) is 5.71. The summed E-state index contributed by atoms with van der Waals surface area (Å²) in [6.45, 7) is 4.83. The second-order valence-corrected chi connectivity index (χ2v) is 4.26. The molecule has 90 valence electrons. The van der Waals surface area contributed by atoms with Gasteiger partial charge >= 0.3 is 0 Å². The van der Waals surface area contributed by atoms with Gasteiger partial charge in [-0.05, 0) is 13.1 Å². The van der Waals surface area contributed by atoms with Crippen molar-refractivity contribution in [2.24, 2.45) is 5.73 Å². The number of nitrogens with zero attached hydrogens (tertiary/aromatic N) is 2. The van der Waals surface area contributed by atoms with Gasteiger partial charge in [-0.3, -0.25) is 0 Å². The van der Waals surface area contributed by atoms with Crippen LogP contribution in [0.4, 0.5) is 0 Å². The Hall–Kier alpha value is -0.880. The van der Waals surface area contributed by atoms with E-state index in [0.29, 0.717) is 6.54 Å². The van der Waals surface area contributed by atoms with Crippen molar-refractivity contribution in [3.05, 3.63) is 24.2 Å². The Bertz CT molecular complexity index is 293. The summed E-state index contributed by atoms with van der Waals surface area (Å²) in [5, 5.41) is 2.24. The van der Waals surface area contributed by atoms with Crippen molar-refractivity contribution in [1.29, 1.82) is 0 Å². The molecule has 0 radical (unpaired) electrons. The Morgan fingerprint density at radius 1 is 1.44 bits per heavy atom. The SMILES string of the molecule is CN1CCN(NC(CN)c2ccoc2)CC1. The van der Waals surface area contributed by atoms with Crippen LogP contribution in [0.3, 0.4) is 0 Å². The van der Waals surface area contributed by atoms with E-state index in [4.69, 9.17) is 10.2 Å². The molecule has 1 atom stereocenters. The maximum atomic E-state index is 5.77. The minimum absolute atomic E-state index is 0.155. The third kappa shape index (κ3) is 2.82.